The van der Waals surface area contributed by atoms with Gasteiger partial charge < -0.3 is 5.32 Å². The van der Waals surface area contributed by atoms with E-state index in [1.165, 1.54) is 4.68 Å². The molecule has 1 aliphatic heterocycles. The monoisotopic (exact) mass is 246 g/mol. The Labute approximate surface area is 93.0 Å². The van der Waals surface area contributed by atoms with Gasteiger partial charge >= 0.3 is 5.69 Å². The second kappa shape index (κ2) is 4.02. The fraction of sp³-hybridized carbons (Fsp3) is 0.750. The fourth-order valence-electron chi connectivity index (χ4n) is 1.63. The number of aryl methyl sites for hydroxylation is 1. The highest BCUT2D eigenvalue weighted by Gasteiger charge is 2.16. The number of nitrogens with one attached hydrogen (secondary N) is 1. The first-order chi connectivity index (χ1) is 7.47. The summed E-state index contributed by atoms with van der Waals surface area (Å²) in [6.07, 6.45) is 1.15. The lowest BCUT2D eigenvalue weighted by Crippen LogP contribution is -2.34. The van der Waals surface area contributed by atoms with Crippen LogP contribution in [0.5, 0.6) is 0 Å². The summed E-state index contributed by atoms with van der Waals surface area (Å²) >= 11 is 0. The molecule has 0 bridgehead atoms. The zero-order valence-corrected chi connectivity index (χ0v) is 9.83. The van der Waals surface area contributed by atoms with Crippen LogP contribution in [0.15, 0.2) is 4.79 Å². The summed E-state index contributed by atoms with van der Waals surface area (Å²) in [6.45, 7) is 2.01. The van der Waals surface area contributed by atoms with E-state index in [9.17, 15) is 13.2 Å². The molecule has 2 heterocycles. The van der Waals surface area contributed by atoms with Crippen LogP contribution in [0.2, 0.25) is 0 Å². The third-order valence-corrected chi connectivity index (χ3v) is 3.39. The Bertz CT molecular complexity index is 542. The summed E-state index contributed by atoms with van der Waals surface area (Å²) in [4.78, 5) is 11.8. The highest BCUT2D eigenvalue weighted by molar-refractivity contribution is 7.90. The number of fused-ring (bicyclic) bond motifs is 1. The van der Waals surface area contributed by atoms with E-state index in [0.717, 1.165) is 12.8 Å². The van der Waals surface area contributed by atoms with Crippen LogP contribution in [0.4, 0.5) is 0 Å². The van der Waals surface area contributed by atoms with E-state index in [1.807, 2.05) is 0 Å². The van der Waals surface area contributed by atoms with Gasteiger partial charge in [0.1, 0.15) is 15.7 Å². The molecule has 0 spiro atoms. The Balaban J connectivity index is 2.23. The fourth-order valence-corrected chi connectivity index (χ4v) is 2.13. The van der Waals surface area contributed by atoms with Crippen molar-refractivity contribution in [3.05, 3.63) is 16.3 Å². The minimum Gasteiger partial charge on any atom is -0.308 e. The number of rotatable bonds is 3. The first-order valence-corrected chi connectivity index (χ1v) is 7.08. The van der Waals surface area contributed by atoms with Gasteiger partial charge in [-0.15, -0.1) is 0 Å². The molecule has 1 aromatic heterocycles. The zero-order valence-electron chi connectivity index (χ0n) is 9.01. The van der Waals surface area contributed by atoms with Crippen LogP contribution in [0.3, 0.4) is 0 Å². The molecule has 8 heteroatoms. The first-order valence-electron chi connectivity index (χ1n) is 5.02. The van der Waals surface area contributed by atoms with E-state index in [1.54, 1.807) is 4.57 Å². The Kier molecular flexibility index (Phi) is 2.85. The standard InChI is InChI=1S/C8H14N4O3S/c1-16(14,15)5-4-12-8(13)11-3-2-9-6-7(11)10-12/h9H,2-6H2,1H3. The average molecular weight is 246 g/mol. The van der Waals surface area contributed by atoms with Gasteiger partial charge in [-0.2, -0.15) is 5.10 Å². The molecule has 90 valence electrons. The summed E-state index contributed by atoms with van der Waals surface area (Å²) < 4.78 is 24.8. The molecular formula is C8H14N4O3S. The van der Waals surface area contributed by atoms with Crippen LogP contribution in [0.1, 0.15) is 5.82 Å². The quantitative estimate of drug-likeness (QED) is 0.679. The third kappa shape index (κ3) is 2.33. The maximum atomic E-state index is 11.8. The van der Waals surface area contributed by atoms with Crippen molar-refractivity contribution in [2.45, 2.75) is 19.6 Å². The summed E-state index contributed by atoms with van der Waals surface area (Å²) in [7, 11) is -3.07. The average Bonchev–Trinajstić information content (AvgIpc) is 2.53. The maximum absolute atomic E-state index is 11.8. The molecule has 0 unspecified atom stereocenters. The molecular weight excluding hydrogens is 232 g/mol. The molecule has 0 fully saturated rings. The van der Waals surface area contributed by atoms with Gasteiger partial charge in [-0.25, -0.2) is 17.9 Å². The highest BCUT2D eigenvalue weighted by atomic mass is 32.2. The predicted octanol–water partition coefficient (Wildman–Crippen LogP) is -1.81. The highest BCUT2D eigenvalue weighted by Crippen LogP contribution is 1.97. The van der Waals surface area contributed by atoms with Gasteiger partial charge in [-0.3, -0.25) is 4.57 Å². The van der Waals surface area contributed by atoms with Gasteiger partial charge in [0.2, 0.25) is 0 Å². The van der Waals surface area contributed by atoms with Crippen LogP contribution < -0.4 is 11.0 Å². The van der Waals surface area contributed by atoms with Crippen molar-refractivity contribution in [2.75, 3.05) is 18.6 Å². The Morgan fingerprint density at radius 1 is 1.50 bits per heavy atom. The van der Waals surface area contributed by atoms with Gasteiger partial charge in [0.05, 0.1) is 18.8 Å². The second-order valence-corrected chi connectivity index (χ2v) is 6.14. The Morgan fingerprint density at radius 3 is 2.88 bits per heavy atom. The molecule has 0 aliphatic carbocycles. The lowest BCUT2D eigenvalue weighted by Gasteiger charge is -2.11. The number of nitrogens with zero attached hydrogens (tertiary/aromatic N) is 3. The number of sulfone groups is 1. The molecule has 0 aromatic carbocycles. The van der Waals surface area contributed by atoms with E-state index in [4.69, 9.17) is 0 Å². The normalized spacial score (nSPS) is 16.1. The SMILES string of the molecule is CS(=O)(=O)CCn1nc2n(c1=O)CCNC2. The maximum Gasteiger partial charge on any atom is 0.346 e. The van der Waals surface area contributed by atoms with Gasteiger partial charge in [-0.1, -0.05) is 0 Å². The molecule has 0 saturated carbocycles. The topological polar surface area (TPSA) is 86.0 Å². The lowest BCUT2D eigenvalue weighted by atomic mass is 10.4. The van der Waals surface area contributed by atoms with Crippen LogP contribution >= 0.6 is 0 Å². The molecule has 1 aromatic rings. The van der Waals surface area contributed by atoms with Gasteiger partial charge in [0.25, 0.3) is 0 Å². The molecule has 16 heavy (non-hydrogen) atoms. The van der Waals surface area contributed by atoms with Gasteiger partial charge in [0.15, 0.2) is 0 Å². The zero-order chi connectivity index (χ0) is 11.8. The molecule has 0 amide bonds. The first kappa shape index (κ1) is 11.3. The largest absolute Gasteiger partial charge is 0.346 e. The van der Waals surface area contributed by atoms with E-state index in [0.29, 0.717) is 18.9 Å². The van der Waals surface area contributed by atoms with Crippen molar-refractivity contribution < 1.29 is 8.42 Å². The van der Waals surface area contributed by atoms with E-state index in [2.05, 4.69) is 10.4 Å². The minimum atomic E-state index is -3.07. The van der Waals surface area contributed by atoms with Crippen molar-refractivity contribution in [3.63, 3.8) is 0 Å². The van der Waals surface area contributed by atoms with Crippen molar-refractivity contribution >= 4 is 9.84 Å². The van der Waals surface area contributed by atoms with Crippen LogP contribution in [0.25, 0.3) is 0 Å². The summed E-state index contributed by atoms with van der Waals surface area (Å²) in [5, 5.41) is 7.19. The van der Waals surface area contributed by atoms with Gasteiger partial charge in [0, 0.05) is 19.3 Å². The van der Waals surface area contributed by atoms with Crippen molar-refractivity contribution in [1.29, 1.82) is 0 Å². The van der Waals surface area contributed by atoms with E-state index >= 15 is 0 Å². The van der Waals surface area contributed by atoms with Gasteiger partial charge in [-0.05, 0) is 0 Å². The van der Waals surface area contributed by atoms with E-state index < -0.39 is 9.84 Å². The molecule has 0 radical (unpaired) electrons. The molecule has 1 aliphatic rings. The second-order valence-electron chi connectivity index (χ2n) is 3.88. The smallest absolute Gasteiger partial charge is 0.308 e. The number of aromatic nitrogens is 3. The Hall–Kier alpha value is -1.15. The summed E-state index contributed by atoms with van der Waals surface area (Å²) in [5.41, 5.74) is -0.222. The summed E-state index contributed by atoms with van der Waals surface area (Å²) in [5.74, 6) is 0.612. The number of hydrogen-bond acceptors (Lipinski definition) is 5. The van der Waals surface area contributed by atoms with Crippen molar-refractivity contribution in [1.82, 2.24) is 19.7 Å². The number of hydrogen-bond donors (Lipinski definition) is 1. The van der Waals surface area contributed by atoms with Crippen LogP contribution in [-0.4, -0.2) is 41.3 Å². The molecule has 7 nitrogen and oxygen atoms in total. The summed E-state index contributed by atoms with van der Waals surface area (Å²) in [6, 6.07) is 0. The Morgan fingerprint density at radius 2 is 2.25 bits per heavy atom. The molecule has 0 atom stereocenters. The lowest BCUT2D eigenvalue weighted by molar-refractivity contribution is 0.497. The van der Waals surface area contributed by atoms with Crippen molar-refractivity contribution in [3.8, 4) is 0 Å². The molecule has 0 saturated heterocycles. The molecule has 1 N–H and O–H groups in total. The van der Waals surface area contributed by atoms with Crippen molar-refractivity contribution in [2.24, 2.45) is 0 Å². The molecule has 2 rings (SSSR count). The van der Waals surface area contributed by atoms with Crippen LogP contribution in [-0.2, 0) is 29.5 Å². The minimum absolute atomic E-state index is 0.0587. The third-order valence-electron chi connectivity index (χ3n) is 2.47. The predicted molar refractivity (Wildman–Crippen MR) is 57.9 cm³/mol. The van der Waals surface area contributed by atoms with E-state index in [-0.39, 0.29) is 18.0 Å². The van der Waals surface area contributed by atoms with Crippen LogP contribution in [0, 0.1) is 0 Å².